The van der Waals surface area contributed by atoms with E-state index in [1.54, 1.807) is 42.5 Å². The van der Waals surface area contributed by atoms with E-state index in [0.717, 1.165) is 25.7 Å². The van der Waals surface area contributed by atoms with Crippen LogP contribution in [0.3, 0.4) is 0 Å². The molecule has 0 saturated heterocycles. The lowest BCUT2D eigenvalue weighted by atomic mass is 10.1. The van der Waals surface area contributed by atoms with Crippen LogP contribution in [0.4, 0.5) is 17.1 Å². The van der Waals surface area contributed by atoms with Gasteiger partial charge in [0.15, 0.2) is 0 Å². The van der Waals surface area contributed by atoms with Gasteiger partial charge >= 0.3 is 0 Å². The average molecular weight is 396 g/mol. The minimum atomic E-state index is -0.471. The van der Waals surface area contributed by atoms with E-state index in [9.17, 15) is 19.7 Å². The van der Waals surface area contributed by atoms with Crippen molar-refractivity contribution in [2.45, 2.75) is 38.1 Å². The maximum Gasteiger partial charge on any atom is 0.292 e. The van der Waals surface area contributed by atoms with Gasteiger partial charge in [-0.2, -0.15) is 0 Å². The van der Waals surface area contributed by atoms with Crippen LogP contribution in [0.5, 0.6) is 0 Å². The summed E-state index contributed by atoms with van der Waals surface area (Å²) < 4.78 is 0. The number of nitro benzene ring substituents is 1. The predicted molar refractivity (Wildman–Crippen MR) is 111 cm³/mol. The van der Waals surface area contributed by atoms with E-state index >= 15 is 0 Å². The molecule has 0 heterocycles. The summed E-state index contributed by atoms with van der Waals surface area (Å²) >= 11 is 0. The fraction of sp³-hybridized carbons (Fsp3) is 0.333. The van der Waals surface area contributed by atoms with Gasteiger partial charge in [0.2, 0.25) is 5.91 Å². The van der Waals surface area contributed by atoms with Crippen LogP contribution in [0.2, 0.25) is 0 Å². The summed E-state index contributed by atoms with van der Waals surface area (Å²) in [5, 5.41) is 19.7. The first kappa shape index (κ1) is 20.3. The first-order chi connectivity index (χ1) is 14.0. The molecule has 0 radical (unpaired) electrons. The highest BCUT2D eigenvalue weighted by Crippen LogP contribution is 2.23. The molecule has 8 heteroatoms. The molecule has 0 bridgehead atoms. The Morgan fingerprint density at radius 2 is 1.66 bits per heavy atom. The molecular weight excluding hydrogens is 372 g/mol. The zero-order valence-electron chi connectivity index (χ0n) is 16.0. The van der Waals surface area contributed by atoms with Crippen molar-refractivity contribution in [2.24, 2.45) is 0 Å². The van der Waals surface area contributed by atoms with Crippen LogP contribution in [0, 0.1) is 10.1 Å². The molecule has 152 valence electrons. The lowest BCUT2D eigenvalue weighted by Crippen LogP contribution is -2.33. The molecule has 2 aromatic rings. The smallest absolute Gasteiger partial charge is 0.292 e. The van der Waals surface area contributed by atoms with Gasteiger partial charge in [0.05, 0.1) is 16.2 Å². The second-order valence-electron chi connectivity index (χ2n) is 7.00. The molecule has 0 atom stereocenters. The minimum absolute atomic E-state index is 0.0400. The Bertz CT molecular complexity index is 894. The van der Waals surface area contributed by atoms with E-state index in [1.165, 1.54) is 6.07 Å². The third-order valence-corrected chi connectivity index (χ3v) is 4.90. The molecule has 2 aromatic carbocycles. The molecule has 1 aliphatic carbocycles. The first-order valence-electron chi connectivity index (χ1n) is 9.71. The van der Waals surface area contributed by atoms with Crippen molar-refractivity contribution in [1.82, 2.24) is 5.32 Å². The van der Waals surface area contributed by atoms with Crippen molar-refractivity contribution in [3.05, 3.63) is 64.2 Å². The number of carbonyl (C=O) groups excluding carboxylic acids is 2. The van der Waals surface area contributed by atoms with Crippen LogP contribution >= 0.6 is 0 Å². The predicted octanol–water partition coefficient (Wildman–Crippen LogP) is 3.71. The number of anilines is 2. The van der Waals surface area contributed by atoms with E-state index in [1.807, 2.05) is 0 Å². The summed E-state index contributed by atoms with van der Waals surface area (Å²) in [6.07, 6.45) is 4.31. The number of carbonyl (C=O) groups is 2. The quantitative estimate of drug-likeness (QED) is 0.465. The molecule has 1 aliphatic rings. The number of rotatable bonds is 8. The van der Waals surface area contributed by atoms with Gasteiger partial charge < -0.3 is 16.0 Å². The molecule has 0 aliphatic heterocycles. The molecule has 8 nitrogen and oxygen atoms in total. The molecular formula is C21H24N4O4. The maximum atomic E-state index is 12.6. The van der Waals surface area contributed by atoms with Crippen molar-refractivity contribution in [2.75, 3.05) is 17.2 Å². The van der Waals surface area contributed by atoms with E-state index in [0.29, 0.717) is 16.9 Å². The number of amides is 2. The largest absolute Gasteiger partial charge is 0.379 e. The second kappa shape index (κ2) is 9.68. The van der Waals surface area contributed by atoms with Gasteiger partial charge in [-0.1, -0.05) is 37.1 Å². The maximum absolute atomic E-state index is 12.6. The number of nitro groups is 1. The summed E-state index contributed by atoms with van der Waals surface area (Å²) in [5.41, 5.74) is 1.21. The Morgan fingerprint density at radius 3 is 2.38 bits per heavy atom. The van der Waals surface area contributed by atoms with Crippen molar-refractivity contribution >= 4 is 28.9 Å². The lowest BCUT2D eigenvalue weighted by Gasteiger charge is -2.15. The van der Waals surface area contributed by atoms with E-state index in [-0.39, 0.29) is 36.5 Å². The monoisotopic (exact) mass is 396 g/mol. The van der Waals surface area contributed by atoms with E-state index < -0.39 is 4.92 Å². The van der Waals surface area contributed by atoms with Crippen LogP contribution in [-0.4, -0.2) is 29.3 Å². The van der Waals surface area contributed by atoms with E-state index in [2.05, 4.69) is 16.0 Å². The standard InChI is InChI=1S/C21H24N4O4/c26-20(13-14-22-18-11-5-6-12-19(18)25(28)29)24-17-10-4-3-9-16(17)21(27)23-15-7-1-2-8-15/h3-6,9-12,15,22H,1-2,7-8,13-14H2,(H,23,27)(H,24,26). The lowest BCUT2D eigenvalue weighted by molar-refractivity contribution is -0.384. The Balaban J connectivity index is 1.56. The van der Waals surface area contributed by atoms with Gasteiger partial charge in [-0.3, -0.25) is 19.7 Å². The topological polar surface area (TPSA) is 113 Å². The molecule has 2 amide bonds. The fourth-order valence-electron chi connectivity index (χ4n) is 3.43. The molecule has 3 rings (SSSR count). The number of hydrogen-bond donors (Lipinski definition) is 3. The number of hydrogen-bond acceptors (Lipinski definition) is 5. The van der Waals surface area contributed by atoms with Crippen LogP contribution in [0.25, 0.3) is 0 Å². The normalized spacial score (nSPS) is 13.7. The van der Waals surface area contributed by atoms with Gasteiger partial charge in [-0.05, 0) is 31.0 Å². The number of benzene rings is 2. The number of nitrogens with one attached hydrogen (secondary N) is 3. The highest BCUT2D eigenvalue weighted by Gasteiger charge is 2.20. The van der Waals surface area contributed by atoms with Crippen LogP contribution in [0.1, 0.15) is 42.5 Å². The second-order valence-corrected chi connectivity index (χ2v) is 7.00. The van der Waals surface area contributed by atoms with Crippen molar-refractivity contribution < 1.29 is 14.5 Å². The summed E-state index contributed by atoms with van der Waals surface area (Å²) in [6.45, 7) is 0.229. The van der Waals surface area contributed by atoms with Crippen LogP contribution in [-0.2, 0) is 4.79 Å². The molecule has 29 heavy (non-hydrogen) atoms. The average Bonchev–Trinajstić information content (AvgIpc) is 3.21. The molecule has 0 spiro atoms. The fourth-order valence-corrected chi connectivity index (χ4v) is 3.43. The van der Waals surface area contributed by atoms with Crippen LogP contribution < -0.4 is 16.0 Å². The third kappa shape index (κ3) is 5.54. The SMILES string of the molecule is O=C(CCNc1ccccc1[N+](=O)[O-])Nc1ccccc1C(=O)NC1CCCC1. The van der Waals surface area contributed by atoms with Crippen molar-refractivity contribution in [1.29, 1.82) is 0 Å². The number of nitrogens with zero attached hydrogens (tertiary/aromatic N) is 1. The molecule has 0 unspecified atom stereocenters. The van der Waals surface area contributed by atoms with Gasteiger partial charge in [0.25, 0.3) is 11.6 Å². The van der Waals surface area contributed by atoms with Gasteiger partial charge in [-0.25, -0.2) is 0 Å². The van der Waals surface area contributed by atoms with E-state index in [4.69, 9.17) is 0 Å². The zero-order valence-corrected chi connectivity index (χ0v) is 16.0. The highest BCUT2D eigenvalue weighted by atomic mass is 16.6. The summed E-state index contributed by atoms with van der Waals surface area (Å²) in [5.74, 6) is -0.469. The van der Waals surface area contributed by atoms with Gasteiger partial charge in [0, 0.05) is 25.1 Å². The zero-order chi connectivity index (χ0) is 20.6. The van der Waals surface area contributed by atoms with Crippen LogP contribution in [0.15, 0.2) is 48.5 Å². The molecule has 3 N–H and O–H groups in total. The molecule has 1 fully saturated rings. The summed E-state index contributed by atoms with van der Waals surface area (Å²) in [4.78, 5) is 35.5. The number of para-hydroxylation sites is 3. The Kier molecular flexibility index (Phi) is 6.78. The third-order valence-electron chi connectivity index (χ3n) is 4.90. The van der Waals surface area contributed by atoms with Crippen molar-refractivity contribution in [3.8, 4) is 0 Å². The molecule has 0 aromatic heterocycles. The first-order valence-corrected chi connectivity index (χ1v) is 9.71. The van der Waals surface area contributed by atoms with Gasteiger partial charge in [0.1, 0.15) is 5.69 Å². The molecule has 1 saturated carbocycles. The van der Waals surface area contributed by atoms with Gasteiger partial charge in [-0.15, -0.1) is 0 Å². The summed E-state index contributed by atoms with van der Waals surface area (Å²) in [7, 11) is 0. The highest BCUT2D eigenvalue weighted by molar-refractivity contribution is 6.03. The van der Waals surface area contributed by atoms with Crippen molar-refractivity contribution in [3.63, 3.8) is 0 Å². The Labute approximate surface area is 168 Å². The summed E-state index contributed by atoms with van der Waals surface area (Å²) in [6, 6.07) is 13.4. The minimum Gasteiger partial charge on any atom is -0.379 e. The Hall–Kier alpha value is -3.42. The Morgan fingerprint density at radius 1 is 1.00 bits per heavy atom.